The first kappa shape index (κ1) is 22.3. The second kappa shape index (κ2) is 11.1. The lowest BCUT2D eigenvalue weighted by molar-refractivity contribution is 0.0942. The second-order valence-corrected chi connectivity index (χ2v) is 7.78. The summed E-state index contributed by atoms with van der Waals surface area (Å²) in [6.45, 7) is 9.57. The van der Waals surface area contributed by atoms with Crippen LogP contribution in [0, 0.1) is 11.8 Å². The van der Waals surface area contributed by atoms with Crippen molar-refractivity contribution >= 4 is 23.2 Å². The third-order valence-electron chi connectivity index (χ3n) is 5.28. The molecule has 0 aromatic heterocycles. The van der Waals surface area contributed by atoms with Crippen LogP contribution in [0.3, 0.4) is 0 Å². The van der Waals surface area contributed by atoms with Crippen LogP contribution in [-0.4, -0.2) is 30.3 Å². The van der Waals surface area contributed by atoms with Crippen LogP contribution in [0.1, 0.15) is 63.7 Å². The molecule has 156 valence electrons. The Kier molecular flexibility index (Phi) is 8.83. The van der Waals surface area contributed by atoms with Gasteiger partial charge in [0.15, 0.2) is 16.6 Å². The zero-order valence-electron chi connectivity index (χ0n) is 17.3. The van der Waals surface area contributed by atoms with Crippen LogP contribution in [0.5, 0.6) is 11.5 Å². The largest absolute Gasteiger partial charge is 0.490 e. The van der Waals surface area contributed by atoms with Gasteiger partial charge in [0.25, 0.3) is 5.91 Å². The van der Waals surface area contributed by atoms with Crippen molar-refractivity contribution in [3.63, 3.8) is 0 Å². The number of carbonyl (C=O) groups excluding carboxylic acids is 1. The molecule has 1 fully saturated rings. The molecule has 0 saturated heterocycles. The van der Waals surface area contributed by atoms with Gasteiger partial charge in [-0.3, -0.25) is 15.6 Å². The third kappa shape index (κ3) is 6.26. The summed E-state index contributed by atoms with van der Waals surface area (Å²) in [7, 11) is 0. The zero-order chi connectivity index (χ0) is 20.5. The number of nitrogens with one attached hydrogen (secondary N) is 3. The molecule has 3 N–H and O–H groups in total. The summed E-state index contributed by atoms with van der Waals surface area (Å²) in [5.74, 6) is 2.15. The van der Waals surface area contributed by atoms with E-state index in [0.717, 1.165) is 12.8 Å². The molecule has 7 heteroatoms. The Morgan fingerprint density at radius 1 is 1.14 bits per heavy atom. The molecule has 1 aliphatic carbocycles. The molecule has 2 rings (SSSR count). The molecule has 3 atom stereocenters. The van der Waals surface area contributed by atoms with Gasteiger partial charge in [0, 0.05) is 11.6 Å². The van der Waals surface area contributed by atoms with E-state index >= 15 is 0 Å². The molecule has 6 nitrogen and oxygen atoms in total. The maximum Gasteiger partial charge on any atom is 0.269 e. The quantitative estimate of drug-likeness (QED) is 0.472. The number of carbonyl (C=O) groups is 1. The highest BCUT2D eigenvalue weighted by Gasteiger charge is 2.27. The first-order valence-electron chi connectivity index (χ1n) is 10.2. The predicted molar refractivity (Wildman–Crippen MR) is 116 cm³/mol. The summed E-state index contributed by atoms with van der Waals surface area (Å²) >= 11 is 5.35. The molecular formula is C21H33N3O3S. The molecule has 28 heavy (non-hydrogen) atoms. The van der Waals surface area contributed by atoms with E-state index in [9.17, 15) is 4.79 Å². The molecule has 0 heterocycles. The van der Waals surface area contributed by atoms with E-state index in [1.807, 2.05) is 13.8 Å². The molecular weight excluding hydrogens is 374 g/mol. The number of rotatable bonds is 7. The van der Waals surface area contributed by atoms with Crippen LogP contribution in [0.15, 0.2) is 18.2 Å². The zero-order valence-corrected chi connectivity index (χ0v) is 18.2. The van der Waals surface area contributed by atoms with Crippen molar-refractivity contribution < 1.29 is 14.3 Å². The van der Waals surface area contributed by atoms with Crippen molar-refractivity contribution in [1.82, 2.24) is 16.2 Å². The van der Waals surface area contributed by atoms with E-state index in [1.165, 1.54) is 12.8 Å². The maximum atomic E-state index is 12.5. The standard InChI is InChI=1S/C21H33N3O3S/c1-5-12-27-18-11-10-16(13-19(18)26-6-2)20(25)23-24-21(28)22-17-9-7-8-14(3)15(17)4/h10-11,13-15,17H,5-9,12H2,1-4H3,(H,23,25)(H2,22,24,28)/t14-,15-,17+/m0/s1. The van der Waals surface area contributed by atoms with Crippen LogP contribution < -0.4 is 25.6 Å². The Morgan fingerprint density at radius 2 is 1.93 bits per heavy atom. The van der Waals surface area contributed by atoms with Crippen molar-refractivity contribution in [2.24, 2.45) is 11.8 Å². The lowest BCUT2D eigenvalue weighted by Gasteiger charge is -2.35. The minimum Gasteiger partial charge on any atom is -0.490 e. The van der Waals surface area contributed by atoms with Crippen LogP contribution in [0.25, 0.3) is 0 Å². The Labute approximate surface area is 173 Å². The lowest BCUT2D eigenvalue weighted by atomic mass is 9.78. The minimum atomic E-state index is -0.280. The van der Waals surface area contributed by atoms with Crippen LogP contribution in [0.4, 0.5) is 0 Å². The van der Waals surface area contributed by atoms with Gasteiger partial charge in [-0.05, 0) is 62.0 Å². The highest BCUT2D eigenvalue weighted by molar-refractivity contribution is 7.80. The summed E-state index contributed by atoms with van der Waals surface area (Å²) in [5, 5.41) is 3.77. The smallest absolute Gasteiger partial charge is 0.269 e. The number of ether oxygens (including phenoxy) is 2. The van der Waals surface area contributed by atoms with Gasteiger partial charge in [0.2, 0.25) is 0 Å². The van der Waals surface area contributed by atoms with Gasteiger partial charge >= 0.3 is 0 Å². The fourth-order valence-electron chi connectivity index (χ4n) is 3.42. The summed E-state index contributed by atoms with van der Waals surface area (Å²) in [5.41, 5.74) is 5.94. The van der Waals surface area contributed by atoms with Crippen molar-refractivity contribution in [2.45, 2.75) is 59.4 Å². The Morgan fingerprint density at radius 3 is 2.64 bits per heavy atom. The minimum absolute atomic E-state index is 0.280. The SMILES string of the molecule is CCCOc1ccc(C(=O)NNC(=S)N[C@@H]2CCC[C@H](C)[C@@H]2C)cc1OCC. The van der Waals surface area contributed by atoms with E-state index in [1.54, 1.807) is 18.2 Å². The molecule has 1 aromatic rings. The van der Waals surface area contributed by atoms with Gasteiger partial charge < -0.3 is 14.8 Å². The summed E-state index contributed by atoms with van der Waals surface area (Å²) in [4.78, 5) is 12.5. The fourth-order valence-corrected chi connectivity index (χ4v) is 3.63. The Hall–Kier alpha value is -2.02. The van der Waals surface area contributed by atoms with Crippen molar-refractivity contribution in [3.05, 3.63) is 23.8 Å². The monoisotopic (exact) mass is 407 g/mol. The van der Waals surface area contributed by atoms with Gasteiger partial charge in [-0.1, -0.05) is 33.6 Å². The predicted octanol–water partition coefficient (Wildman–Crippen LogP) is 3.81. The van der Waals surface area contributed by atoms with Gasteiger partial charge in [0.05, 0.1) is 13.2 Å². The van der Waals surface area contributed by atoms with Crippen LogP contribution in [0.2, 0.25) is 0 Å². The lowest BCUT2D eigenvalue weighted by Crippen LogP contribution is -2.52. The summed E-state index contributed by atoms with van der Waals surface area (Å²) < 4.78 is 11.3. The molecule has 0 spiro atoms. The van der Waals surface area contributed by atoms with Gasteiger partial charge in [-0.25, -0.2) is 0 Å². The maximum absolute atomic E-state index is 12.5. The molecule has 0 aliphatic heterocycles. The van der Waals surface area contributed by atoms with E-state index in [0.29, 0.717) is 53.3 Å². The first-order valence-corrected chi connectivity index (χ1v) is 10.6. The molecule has 0 unspecified atom stereocenters. The number of benzene rings is 1. The number of hydrogen-bond donors (Lipinski definition) is 3. The van der Waals surface area contributed by atoms with E-state index in [4.69, 9.17) is 21.7 Å². The van der Waals surface area contributed by atoms with E-state index in [2.05, 4.69) is 30.0 Å². The van der Waals surface area contributed by atoms with Gasteiger partial charge in [0.1, 0.15) is 0 Å². The highest BCUT2D eigenvalue weighted by Crippen LogP contribution is 2.30. The van der Waals surface area contributed by atoms with Crippen LogP contribution >= 0.6 is 12.2 Å². The van der Waals surface area contributed by atoms with E-state index < -0.39 is 0 Å². The van der Waals surface area contributed by atoms with Gasteiger partial charge in [-0.15, -0.1) is 0 Å². The number of thiocarbonyl (C=S) groups is 1. The number of amides is 1. The topological polar surface area (TPSA) is 71.6 Å². The van der Waals surface area contributed by atoms with Crippen molar-refractivity contribution in [2.75, 3.05) is 13.2 Å². The van der Waals surface area contributed by atoms with Crippen molar-refractivity contribution in [1.29, 1.82) is 0 Å². The molecule has 0 radical (unpaired) electrons. The normalized spacial score (nSPS) is 21.5. The molecule has 1 amide bonds. The van der Waals surface area contributed by atoms with Crippen LogP contribution in [-0.2, 0) is 0 Å². The Balaban J connectivity index is 1.91. The fraction of sp³-hybridized carbons (Fsp3) is 0.619. The summed E-state index contributed by atoms with van der Waals surface area (Å²) in [6, 6.07) is 5.50. The average Bonchev–Trinajstić information content (AvgIpc) is 2.69. The molecule has 1 saturated carbocycles. The van der Waals surface area contributed by atoms with Crippen molar-refractivity contribution in [3.8, 4) is 11.5 Å². The molecule has 0 bridgehead atoms. The third-order valence-corrected chi connectivity index (χ3v) is 5.50. The summed E-state index contributed by atoms with van der Waals surface area (Å²) in [6.07, 6.45) is 4.46. The number of hydrogen-bond acceptors (Lipinski definition) is 4. The Bertz CT molecular complexity index is 668. The second-order valence-electron chi connectivity index (χ2n) is 7.37. The highest BCUT2D eigenvalue weighted by atomic mass is 32.1. The van der Waals surface area contributed by atoms with E-state index in [-0.39, 0.29) is 5.91 Å². The molecule has 1 aliphatic rings. The first-order chi connectivity index (χ1) is 13.5. The molecule has 1 aromatic carbocycles. The average molecular weight is 408 g/mol. The van der Waals surface area contributed by atoms with Gasteiger partial charge in [-0.2, -0.15) is 0 Å². The number of hydrazine groups is 1.